The van der Waals surface area contributed by atoms with Crippen LogP contribution >= 0.6 is 11.8 Å². The zero-order chi connectivity index (χ0) is 21.7. The van der Waals surface area contributed by atoms with Gasteiger partial charge in [-0.3, -0.25) is 4.79 Å². The first kappa shape index (κ1) is 21.8. The molecule has 1 aliphatic rings. The van der Waals surface area contributed by atoms with Crippen molar-refractivity contribution in [2.45, 2.75) is 31.6 Å². The summed E-state index contributed by atoms with van der Waals surface area (Å²) in [4.78, 5) is 14.9. The van der Waals surface area contributed by atoms with Gasteiger partial charge in [-0.15, -0.1) is 0 Å². The summed E-state index contributed by atoms with van der Waals surface area (Å²) in [6.45, 7) is 3.77. The van der Waals surface area contributed by atoms with E-state index in [9.17, 15) is 13.6 Å². The Kier molecular flexibility index (Phi) is 6.74. The molecular weight excluding hydrogens is 408 g/mol. The van der Waals surface area contributed by atoms with Crippen LogP contribution in [-0.4, -0.2) is 22.5 Å². The van der Waals surface area contributed by atoms with E-state index in [4.69, 9.17) is 5.53 Å². The lowest BCUT2D eigenvalue weighted by atomic mass is 9.99. The number of carbonyl (C=O) groups excluding carboxylic acids is 1. The highest BCUT2D eigenvalue weighted by Crippen LogP contribution is 2.51. The van der Waals surface area contributed by atoms with E-state index in [0.29, 0.717) is 12.8 Å². The van der Waals surface area contributed by atoms with E-state index in [1.54, 1.807) is 13.8 Å². The smallest absolute Gasteiger partial charge is 0.246 e. The zero-order valence-electron chi connectivity index (χ0n) is 16.6. The third-order valence-corrected chi connectivity index (χ3v) is 6.17. The van der Waals surface area contributed by atoms with Crippen LogP contribution in [0.3, 0.4) is 0 Å². The van der Waals surface area contributed by atoms with Crippen molar-refractivity contribution in [2.24, 2.45) is 16.1 Å². The van der Waals surface area contributed by atoms with Crippen molar-refractivity contribution in [1.82, 2.24) is 5.01 Å². The molecule has 0 spiro atoms. The third kappa shape index (κ3) is 4.32. The number of nitrogens with zero attached hydrogens (tertiary/aromatic N) is 5. The number of azide groups is 1. The molecule has 30 heavy (non-hydrogen) atoms. The summed E-state index contributed by atoms with van der Waals surface area (Å²) < 4.78 is 28.3. The van der Waals surface area contributed by atoms with Crippen LogP contribution < -0.4 is 0 Å². The monoisotopic (exact) mass is 429 g/mol. The number of rotatable bonds is 7. The minimum absolute atomic E-state index is 0.00871. The molecule has 156 valence electrons. The Hall–Kier alpha value is -2.90. The number of carbonyl (C=O) groups is 1. The van der Waals surface area contributed by atoms with Crippen LogP contribution in [0.2, 0.25) is 0 Å². The van der Waals surface area contributed by atoms with Gasteiger partial charge >= 0.3 is 0 Å². The third-order valence-electron chi connectivity index (χ3n) is 4.72. The first-order valence-electron chi connectivity index (χ1n) is 9.52. The van der Waals surface area contributed by atoms with E-state index in [-0.39, 0.29) is 29.0 Å². The van der Waals surface area contributed by atoms with Crippen LogP contribution in [0, 0.1) is 17.6 Å². The number of amides is 1. The van der Waals surface area contributed by atoms with Crippen molar-refractivity contribution in [2.75, 3.05) is 6.54 Å². The lowest BCUT2D eigenvalue weighted by Gasteiger charge is -2.36. The van der Waals surface area contributed by atoms with E-state index in [2.05, 4.69) is 15.1 Å². The maximum Gasteiger partial charge on any atom is 0.246 e. The maximum absolute atomic E-state index is 14.5. The van der Waals surface area contributed by atoms with Crippen molar-refractivity contribution in [3.8, 4) is 0 Å². The van der Waals surface area contributed by atoms with Gasteiger partial charge in [0.05, 0.1) is 0 Å². The average molecular weight is 429 g/mol. The van der Waals surface area contributed by atoms with Gasteiger partial charge in [0.25, 0.3) is 0 Å². The minimum Gasteiger partial charge on any atom is -0.273 e. The number of benzene rings is 2. The Morgan fingerprint density at radius 1 is 1.27 bits per heavy atom. The first-order valence-corrected chi connectivity index (χ1v) is 10.3. The molecule has 3 rings (SSSR count). The molecule has 1 heterocycles. The van der Waals surface area contributed by atoms with Gasteiger partial charge in [0.2, 0.25) is 5.91 Å². The van der Waals surface area contributed by atoms with Gasteiger partial charge in [-0.25, -0.2) is 13.8 Å². The molecule has 0 aliphatic carbocycles. The Morgan fingerprint density at radius 2 is 2.00 bits per heavy atom. The summed E-state index contributed by atoms with van der Waals surface area (Å²) in [6, 6.07) is 12.5. The van der Waals surface area contributed by atoms with Gasteiger partial charge in [-0.1, -0.05) is 61.1 Å². The van der Waals surface area contributed by atoms with E-state index in [1.807, 2.05) is 30.3 Å². The van der Waals surface area contributed by atoms with Crippen LogP contribution in [0.5, 0.6) is 0 Å². The normalized spacial score (nSPS) is 18.3. The van der Waals surface area contributed by atoms with Crippen molar-refractivity contribution in [3.05, 3.63) is 81.7 Å². The molecule has 0 aromatic heterocycles. The number of hydrogen-bond donors (Lipinski definition) is 0. The summed E-state index contributed by atoms with van der Waals surface area (Å²) in [7, 11) is 0. The second kappa shape index (κ2) is 9.28. The summed E-state index contributed by atoms with van der Waals surface area (Å²) in [6.07, 6.45) is 0.908. The van der Waals surface area contributed by atoms with Crippen molar-refractivity contribution in [3.63, 3.8) is 0 Å². The SMILES string of the molecule is CC(C)C(=O)N1N=C(c2cc(F)ccc2F)SC1(CCCN=[N+]=[N-])c1ccccc1. The summed E-state index contributed by atoms with van der Waals surface area (Å²) in [5.74, 6) is -1.79. The Morgan fingerprint density at radius 3 is 2.67 bits per heavy atom. The molecule has 0 saturated heterocycles. The fourth-order valence-corrected chi connectivity index (χ4v) is 4.68. The Balaban J connectivity index is 2.12. The molecule has 0 N–H and O–H groups in total. The first-order chi connectivity index (χ1) is 14.4. The van der Waals surface area contributed by atoms with Crippen LogP contribution in [0.25, 0.3) is 10.4 Å². The van der Waals surface area contributed by atoms with E-state index in [0.717, 1.165) is 23.8 Å². The average Bonchev–Trinajstić information content (AvgIpc) is 3.13. The molecule has 0 bridgehead atoms. The van der Waals surface area contributed by atoms with Gasteiger partial charge in [0, 0.05) is 22.9 Å². The predicted octanol–water partition coefficient (Wildman–Crippen LogP) is 5.80. The molecule has 9 heteroatoms. The summed E-state index contributed by atoms with van der Waals surface area (Å²) in [5, 5.41) is 9.66. The van der Waals surface area contributed by atoms with E-state index < -0.39 is 16.5 Å². The fourth-order valence-electron chi connectivity index (χ4n) is 3.25. The molecule has 6 nitrogen and oxygen atoms in total. The summed E-state index contributed by atoms with van der Waals surface area (Å²) >= 11 is 1.21. The van der Waals surface area contributed by atoms with Gasteiger partial charge < -0.3 is 0 Å². The van der Waals surface area contributed by atoms with Crippen LogP contribution in [-0.2, 0) is 9.67 Å². The molecule has 1 atom stereocenters. The highest BCUT2D eigenvalue weighted by Gasteiger charge is 2.48. The van der Waals surface area contributed by atoms with E-state index >= 15 is 0 Å². The standard InChI is InChI=1S/C21H21F2N5OS/c1-14(2)20(29)28-21(11-6-12-25-27-24,15-7-4-3-5-8-15)30-19(26-28)17-13-16(22)9-10-18(17)23/h3-5,7-10,13-14H,6,11-12H2,1-2H3. The molecule has 1 unspecified atom stereocenters. The molecule has 2 aromatic rings. The highest BCUT2D eigenvalue weighted by atomic mass is 32.2. The quantitative estimate of drug-likeness (QED) is 0.241. The molecule has 0 radical (unpaired) electrons. The predicted molar refractivity (Wildman–Crippen MR) is 114 cm³/mol. The van der Waals surface area contributed by atoms with Gasteiger partial charge in [-0.2, -0.15) is 5.10 Å². The number of halogens is 2. The molecule has 2 aromatic carbocycles. The summed E-state index contributed by atoms with van der Waals surface area (Å²) in [5.41, 5.74) is 9.40. The van der Waals surface area contributed by atoms with Crippen LogP contribution in [0.4, 0.5) is 8.78 Å². The van der Waals surface area contributed by atoms with Gasteiger partial charge in [0.1, 0.15) is 21.5 Å². The van der Waals surface area contributed by atoms with Crippen LogP contribution in [0.1, 0.15) is 37.8 Å². The molecular formula is C21H21F2N5OS. The molecule has 0 saturated carbocycles. The van der Waals surface area contributed by atoms with E-state index in [1.165, 1.54) is 16.8 Å². The highest BCUT2D eigenvalue weighted by molar-refractivity contribution is 8.15. The number of hydrogen-bond acceptors (Lipinski definition) is 4. The molecule has 1 aliphatic heterocycles. The van der Waals surface area contributed by atoms with Crippen molar-refractivity contribution >= 4 is 22.7 Å². The lowest BCUT2D eigenvalue weighted by molar-refractivity contribution is -0.138. The van der Waals surface area contributed by atoms with Crippen molar-refractivity contribution in [1.29, 1.82) is 0 Å². The Labute approximate surface area is 177 Å². The molecule has 1 amide bonds. The van der Waals surface area contributed by atoms with Gasteiger partial charge in [-0.05, 0) is 42.1 Å². The second-order valence-electron chi connectivity index (χ2n) is 7.14. The zero-order valence-corrected chi connectivity index (χ0v) is 17.4. The largest absolute Gasteiger partial charge is 0.273 e. The van der Waals surface area contributed by atoms with Crippen molar-refractivity contribution < 1.29 is 13.6 Å². The second-order valence-corrected chi connectivity index (χ2v) is 8.41. The van der Waals surface area contributed by atoms with Gasteiger partial charge in [0.15, 0.2) is 0 Å². The molecule has 0 fully saturated rings. The minimum atomic E-state index is -0.957. The Bertz CT molecular complexity index is 1010. The number of hydrazone groups is 1. The fraction of sp³-hybridized carbons (Fsp3) is 0.333. The topological polar surface area (TPSA) is 81.4 Å². The van der Waals surface area contributed by atoms with Crippen LogP contribution in [0.15, 0.2) is 58.7 Å². The lowest BCUT2D eigenvalue weighted by Crippen LogP contribution is -2.43. The number of thioether (sulfide) groups is 1. The maximum atomic E-state index is 14.5.